The van der Waals surface area contributed by atoms with Crippen molar-refractivity contribution < 1.29 is 9.63 Å². The Bertz CT molecular complexity index is 1010. The normalized spacial score (nSPS) is 21.5. The Morgan fingerprint density at radius 3 is 2.33 bits per heavy atom. The molecule has 0 radical (unpaired) electrons. The number of para-hydroxylation sites is 2. The van der Waals surface area contributed by atoms with E-state index in [1.165, 1.54) is 19.3 Å². The highest BCUT2D eigenvalue weighted by molar-refractivity contribution is 6.39. The number of amides is 1. The minimum atomic E-state index is -0.123. The van der Waals surface area contributed by atoms with Crippen molar-refractivity contribution in [3.63, 3.8) is 0 Å². The fraction of sp³-hybridized carbons (Fsp3) is 0.304. The quantitative estimate of drug-likeness (QED) is 0.440. The van der Waals surface area contributed by atoms with Crippen molar-refractivity contribution in [3.05, 3.63) is 65.4 Å². The zero-order valence-electron chi connectivity index (χ0n) is 16.7. The summed E-state index contributed by atoms with van der Waals surface area (Å²) in [4.78, 5) is 20.9. The molecular weight excluding hydrogens is 400 g/mol. The van der Waals surface area contributed by atoms with E-state index in [1.54, 1.807) is 0 Å². The number of hydrogen-bond acceptors (Lipinski definition) is 5. The van der Waals surface area contributed by atoms with Gasteiger partial charge in [-0.1, -0.05) is 48.0 Å². The van der Waals surface area contributed by atoms with Crippen molar-refractivity contribution in [2.75, 3.05) is 36.9 Å². The Morgan fingerprint density at radius 2 is 1.57 bits per heavy atom. The highest BCUT2D eigenvalue weighted by atomic mass is 35.5. The summed E-state index contributed by atoms with van der Waals surface area (Å²) in [5.41, 5.74) is 5.58. The Balaban J connectivity index is 0.00000218. The lowest BCUT2D eigenvalue weighted by Crippen LogP contribution is -2.32. The van der Waals surface area contributed by atoms with Gasteiger partial charge in [0.2, 0.25) is 0 Å². The smallest absolute Gasteiger partial charge is 0.258 e. The molecule has 7 heteroatoms. The molecule has 0 unspecified atom stereocenters. The van der Waals surface area contributed by atoms with Crippen LogP contribution in [0, 0.1) is 0 Å². The number of hydrogen-bond donors (Lipinski definition) is 2. The molecule has 0 atom stereocenters. The van der Waals surface area contributed by atoms with Crippen molar-refractivity contribution in [2.24, 2.45) is 5.16 Å². The molecule has 156 valence electrons. The number of oxime groups is 1. The first-order valence-electron chi connectivity index (χ1n) is 10.3. The minimum absolute atomic E-state index is 0. The van der Waals surface area contributed by atoms with Crippen LogP contribution in [0.15, 0.2) is 59.4 Å². The van der Waals surface area contributed by atoms with Crippen LogP contribution in [0.2, 0.25) is 0 Å². The lowest BCUT2D eigenvalue weighted by Gasteiger charge is -2.25. The molecule has 0 aromatic heterocycles. The summed E-state index contributed by atoms with van der Waals surface area (Å²) in [5, 5.41) is 10.8. The van der Waals surface area contributed by atoms with E-state index in [4.69, 9.17) is 4.84 Å². The van der Waals surface area contributed by atoms with Gasteiger partial charge in [-0.25, -0.2) is 0 Å². The van der Waals surface area contributed by atoms with Crippen LogP contribution in [0.3, 0.4) is 0 Å². The lowest BCUT2D eigenvalue weighted by molar-refractivity contribution is -0.110. The van der Waals surface area contributed by atoms with Gasteiger partial charge in [0.1, 0.15) is 12.3 Å². The Labute approximate surface area is 182 Å². The van der Waals surface area contributed by atoms with Gasteiger partial charge in [-0.05, 0) is 38.1 Å². The molecule has 0 bridgehead atoms. The molecule has 5 rings (SSSR count). The van der Waals surface area contributed by atoms with Gasteiger partial charge in [0.15, 0.2) is 0 Å². The van der Waals surface area contributed by atoms with Crippen LogP contribution < -0.4 is 10.6 Å². The monoisotopic (exact) mass is 424 g/mol. The third kappa shape index (κ3) is 3.80. The standard InChI is InChI=1S/C23H24N4O2.ClH/c28-23-20(16-8-2-4-10-18(16)25-23)22-21(17-9-3-5-11-19(17)24-22)26-29-15-14-27-12-6-1-7-13-27;/h2-5,8-11,24H,1,6-7,12-15H2,(H,25,28);1H/b22-20-,26-21+;. The number of nitrogens with zero attached hydrogens (tertiary/aromatic N) is 2. The second-order valence-corrected chi connectivity index (χ2v) is 7.60. The van der Waals surface area contributed by atoms with Gasteiger partial charge in [-0.2, -0.15) is 0 Å². The molecule has 2 aromatic rings. The molecule has 1 amide bonds. The molecule has 2 N–H and O–H groups in total. The fourth-order valence-corrected chi connectivity index (χ4v) is 4.23. The van der Waals surface area contributed by atoms with Crippen molar-refractivity contribution in [3.8, 4) is 0 Å². The molecule has 6 nitrogen and oxygen atoms in total. The van der Waals surface area contributed by atoms with Gasteiger partial charge in [-0.15, -0.1) is 12.4 Å². The number of benzene rings is 2. The first kappa shape index (κ1) is 20.4. The number of anilines is 2. The molecule has 0 aliphatic carbocycles. The summed E-state index contributed by atoms with van der Waals surface area (Å²) in [6, 6.07) is 15.7. The maximum atomic E-state index is 12.7. The lowest BCUT2D eigenvalue weighted by atomic mass is 10.0. The average molecular weight is 425 g/mol. The number of fused-ring (bicyclic) bond motifs is 2. The number of nitrogens with one attached hydrogen (secondary N) is 2. The van der Waals surface area contributed by atoms with E-state index in [2.05, 4.69) is 20.7 Å². The first-order valence-corrected chi connectivity index (χ1v) is 10.3. The molecule has 30 heavy (non-hydrogen) atoms. The van der Waals surface area contributed by atoms with Crippen LogP contribution in [0.25, 0.3) is 5.57 Å². The molecule has 3 heterocycles. The number of carbonyl (C=O) groups is 1. The SMILES string of the molecule is Cl.O=C1Nc2ccccc2/C1=C1/Nc2ccccc2/C1=N\OCCN1CCCCC1. The van der Waals surface area contributed by atoms with Crippen molar-refractivity contribution >= 4 is 41.0 Å². The third-order valence-electron chi connectivity index (χ3n) is 5.70. The first-order chi connectivity index (χ1) is 14.3. The molecule has 3 aliphatic heterocycles. The maximum absolute atomic E-state index is 12.7. The second kappa shape index (κ2) is 8.90. The van der Waals surface area contributed by atoms with E-state index in [1.807, 2.05) is 48.5 Å². The molecule has 0 spiro atoms. The van der Waals surface area contributed by atoms with Crippen molar-refractivity contribution in [1.29, 1.82) is 0 Å². The summed E-state index contributed by atoms with van der Waals surface area (Å²) in [5.74, 6) is -0.123. The molecular formula is C23H25ClN4O2. The summed E-state index contributed by atoms with van der Waals surface area (Å²) in [6.07, 6.45) is 3.84. The van der Waals surface area contributed by atoms with Gasteiger partial charge in [-0.3, -0.25) is 9.69 Å². The summed E-state index contributed by atoms with van der Waals surface area (Å²) in [7, 11) is 0. The van der Waals surface area contributed by atoms with Gasteiger partial charge < -0.3 is 15.5 Å². The summed E-state index contributed by atoms with van der Waals surface area (Å²) >= 11 is 0. The molecule has 0 saturated carbocycles. The molecule has 3 aliphatic rings. The highest BCUT2D eigenvalue weighted by Crippen LogP contribution is 2.38. The van der Waals surface area contributed by atoms with Crippen LogP contribution in [-0.2, 0) is 9.63 Å². The minimum Gasteiger partial charge on any atom is -0.394 e. The van der Waals surface area contributed by atoms with Crippen LogP contribution >= 0.6 is 12.4 Å². The third-order valence-corrected chi connectivity index (χ3v) is 5.70. The van der Waals surface area contributed by atoms with Crippen LogP contribution in [0.4, 0.5) is 11.4 Å². The number of halogens is 1. The Kier molecular flexibility index (Phi) is 6.06. The Morgan fingerprint density at radius 1 is 0.900 bits per heavy atom. The number of carbonyl (C=O) groups excluding carboxylic acids is 1. The summed E-state index contributed by atoms with van der Waals surface area (Å²) < 4.78 is 0. The highest BCUT2D eigenvalue weighted by Gasteiger charge is 2.34. The van der Waals surface area contributed by atoms with Gasteiger partial charge in [0.05, 0.1) is 11.3 Å². The average Bonchev–Trinajstić information content (AvgIpc) is 3.28. The van der Waals surface area contributed by atoms with E-state index in [-0.39, 0.29) is 18.3 Å². The van der Waals surface area contributed by atoms with E-state index in [0.29, 0.717) is 23.6 Å². The van der Waals surface area contributed by atoms with E-state index >= 15 is 0 Å². The van der Waals surface area contributed by atoms with Gasteiger partial charge in [0, 0.05) is 29.0 Å². The van der Waals surface area contributed by atoms with E-state index < -0.39 is 0 Å². The Hall–Kier alpha value is -2.83. The number of allylic oxidation sites excluding steroid dienone is 1. The van der Waals surface area contributed by atoms with Crippen LogP contribution in [-0.4, -0.2) is 42.8 Å². The van der Waals surface area contributed by atoms with Crippen molar-refractivity contribution in [1.82, 2.24) is 4.90 Å². The predicted molar refractivity (Wildman–Crippen MR) is 122 cm³/mol. The second-order valence-electron chi connectivity index (χ2n) is 7.60. The number of rotatable bonds is 4. The van der Waals surface area contributed by atoms with Crippen molar-refractivity contribution in [2.45, 2.75) is 19.3 Å². The topological polar surface area (TPSA) is 66.0 Å². The molecule has 1 saturated heterocycles. The predicted octanol–water partition coefficient (Wildman–Crippen LogP) is 4.10. The largest absolute Gasteiger partial charge is 0.394 e. The van der Waals surface area contributed by atoms with Crippen LogP contribution in [0.1, 0.15) is 30.4 Å². The van der Waals surface area contributed by atoms with E-state index in [9.17, 15) is 4.79 Å². The number of piperidine rings is 1. The van der Waals surface area contributed by atoms with Crippen LogP contribution in [0.5, 0.6) is 0 Å². The maximum Gasteiger partial charge on any atom is 0.258 e. The van der Waals surface area contributed by atoms with Gasteiger partial charge >= 0.3 is 0 Å². The zero-order chi connectivity index (χ0) is 19.6. The summed E-state index contributed by atoms with van der Waals surface area (Å²) in [6.45, 7) is 3.69. The fourth-order valence-electron chi connectivity index (χ4n) is 4.23. The molecule has 1 fully saturated rings. The van der Waals surface area contributed by atoms with E-state index in [0.717, 1.165) is 42.1 Å². The van der Waals surface area contributed by atoms with Gasteiger partial charge in [0.25, 0.3) is 5.91 Å². The zero-order valence-corrected chi connectivity index (χ0v) is 17.5. The number of likely N-dealkylation sites (tertiary alicyclic amines) is 1. The molecule has 2 aromatic carbocycles.